The van der Waals surface area contributed by atoms with Crippen molar-refractivity contribution in [1.82, 2.24) is 5.43 Å². The van der Waals surface area contributed by atoms with E-state index in [0.717, 1.165) is 10.4 Å². The highest BCUT2D eigenvalue weighted by Gasteiger charge is 2.02. The van der Waals surface area contributed by atoms with Crippen LogP contribution < -0.4 is 10.2 Å². The molecule has 20 heavy (non-hydrogen) atoms. The van der Waals surface area contributed by atoms with Crippen LogP contribution >= 0.6 is 11.3 Å². The molecule has 0 aliphatic carbocycles. The van der Waals surface area contributed by atoms with Crippen LogP contribution in [0.3, 0.4) is 0 Å². The Balaban J connectivity index is 1.79. The molecule has 0 bridgehead atoms. The van der Waals surface area contributed by atoms with Crippen molar-refractivity contribution < 1.29 is 13.9 Å². The topological polar surface area (TPSA) is 50.7 Å². The van der Waals surface area contributed by atoms with Crippen LogP contribution in [0.4, 0.5) is 4.39 Å². The lowest BCUT2D eigenvalue weighted by Gasteiger charge is -2.04. The molecule has 1 heterocycles. The molecule has 0 saturated heterocycles. The maximum atomic E-state index is 12.9. The predicted octanol–water partition coefficient (Wildman–Crippen LogP) is 2.72. The minimum absolute atomic E-state index is 0.218. The number of ether oxygens (including phenoxy) is 1. The fourth-order valence-corrected chi connectivity index (χ4v) is 2.20. The smallest absolute Gasteiger partial charge is 0.277 e. The maximum absolute atomic E-state index is 12.9. The number of hydrogen-bond acceptors (Lipinski definition) is 4. The predicted molar refractivity (Wildman–Crippen MR) is 76.7 cm³/mol. The van der Waals surface area contributed by atoms with Crippen LogP contribution in [0.2, 0.25) is 0 Å². The third-order valence-corrected chi connectivity index (χ3v) is 3.39. The molecule has 2 rings (SSSR count). The number of benzene rings is 1. The molecule has 0 radical (unpaired) electrons. The second-order valence-electron chi connectivity index (χ2n) is 4.01. The van der Waals surface area contributed by atoms with Gasteiger partial charge in [0.15, 0.2) is 6.61 Å². The summed E-state index contributed by atoms with van der Waals surface area (Å²) < 4.78 is 18.0. The number of nitrogens with one attached hydrogen (secondary N) is 1. The van der Waals surface area contributed by atoms with Gasteiger partial charge < -0.3 is 4.74 Å². The lowest BCUT2D eigenvalue weighted by Crippen LogP contribution is -2.24. The number of carbonyl (C=O) groups is 1. The lowest BCUT2D eigenvalue weighted by atomic mass is 10.3. The summed E-state index contributed by atoms with van der Waals surface area (Å²) in [6, 6.07) is 7.59. The summed E-state index contributed by atoms with van der Waals surface area (Å²) in [5, 5.41) is 5.79. The normalized spacial score (nSPS) is 10.7. The third-order valence-electron chi connectivity index (χ3n) is 2.44. The number of thiophene rings is 1. The molecule has 4 nitrogen and oxygen atoms in total. The quantitative estimate of drug-likeness (QED) is 0.680. The summed E-state index contributed by atoms with van der Waals surface area (Å²) in [5.74, 6) is -0.507. The monoisotopic (exact) mass is 292 g/mol. The molecule has 1 amide bonds. The molecule has 0 fully saturated rings. The summed E-state index contributed by atoms with van der Waals surface area (Å²) in [6.45, 7) is 1.75. The van der Waals surface area contributed by atoms with Gasteiger partial charge in [-0.15, -0.1) is 11.3 Å². The SMILES string of the molecule is Cc1ccsc1/C=N\NC(=O)COc1cccc(F)c1. The van der Waals surface area contributed by atoms with Crippen LogP contribution in [0, 0.1) is 12.7 Å². The number of halogens is 1. The van der Waals surface area contributed by atoms with E-state index in [1.54, 1.807) is 12.3 Å². The molecule has 1 N–H and O–H groups in total. The number of nitrogens with zero attached hydrogens (tertiary/aromatic N) is 1. The van der Waals surface area contributed by atoms with Gasteiger partial charge in [-0.2, -0.15) is 5.10 Å². The Kier molecular flexibility index (Phi) is 4.84. The number of hydrogen-bond donors (Lipinski definition) is 1. The summed E-state index contributed by atoms with van der Waals surface area (Å²) in [6.07, 6.45) is 1.58. The van der Waals surface area contributed by atoms with Gasteiger partial charge in [0.1, 0.15) is 11.6 Å². The first-order valence-corrected chi connectivity index (χ1v) is 6.77. The van der Waals surface area contributed by atoms with Gasteiger partial charge in [0.05, 0.1) is 6.21 Å². The average Bonchev–Trinajstić information content (AvgIpc) is 2.82. The number of hydrazone groups is 1. The van der Waals surface area contributed by atoms with Crippen molar-refractivity contribution in [2.75, 3.05) is 6.61 Å². The zero-order valence-corrected chi connectivity index (χ0v) is 11.6. The van der Waals surface area contributed by atoms with Crippen molar-refractivity contribution in [3.63, 3.8) is 0 Å². The second kappa shape index (κ2) is 6.81. The highest BCUT2D eigenvalue weighted by Crippen LogP contribution is 2.12. The molecule has 2 aromatic rings. The summed E-state index contributed by atoms with van der Waals surface area (Å²) in [5.41, 5.74) is 3.45. The van der Waals surface area contributed by atoms with Gasteiger partial charge >= 0.3 is 0 Å². The van der Waals surface area contributed by atoms with Gasteiger partial charge in [-0.1, -0.05) is 6.07 Å². The Labute approximate surface area is 119 Å². The van der Waals surface area contributed by atoms with E-state index in [4.69, 9.17) is 4.74 Å². The molecule has 6 heteroatoms. The minimum Gasteiger partial charge on any atom is -0.484 e. The van der Waals surface area contributed by atoms with E-state index >= 15 is 0 Å². The largest absolute Gasteiger partial charge is 0.484 e. The summed E-state index contributed by atoms with van der Waals surface area (Å²) >= 11 is 1.54. The van der Waals surface area contributed by atoms with E-state index < -0.39 is 11.7 Å². The maximum Gasteiger partial charge on any atom is 0.277 e. The van der Waals surface area contributed by atoms with Crippen molar-refractivity contribution in [3.8, 4) is 5.75 Å². The van der Waals surface area contributed by atoms with Crippen LogP contribution in [-0.2, 0) is 4.79 Å². The Hall–Kier alpha value is -2.21. The third kappa shape index (κ3) is 4.17. The van der Waals surface area contributed by atoms with Gasteiger partial charge in [0, 0.05) is 10.9 Å². The Bertz CT molecular complexity index is 625. The molecule has 0 aliphatic rings. The van der Waals surface area contributed by atoms with E-state index in [0.29, 0.717) is 5.75 Å². The first-order valence-electron chi connectivity index (χ1n) is 5.89. The van der Waals surface area contributed by atoms with Crippen LogP contribution in [0.1, 0.15) is 10.4 Å². The molecular formula is C14H13FN2O2S. The number of aryl methyl sites for hydroxylation is 1. The number of rotatable bonds is 5. The minimum atomic E-state index is -0.408. The molecule has 0 spiro atoms. The van der Waals surface area contributed by atoms with E-state index in [1.165, 1.54) is 29.5 Å². The van der Waals surface area contributed by atoms with Gasteiger partial charge in [-0.05, 0) is 36.1 Å². The van der Waals surface area contributed by atoms with E-state index in [9.17, 15) is 9.18 Å². The molecular weight excluding hydrogens is 279 g/mol. The van der Waals surface area contributed by atoms with Crippen molar-refractivity contribution in [2.24, 2.45) is 5.10 Å². The lowest BCUT2D eigenvalue weighted by molar-refractivity contribution is -0.123. The van der Waals surface area contributed by atoms with E-state index in [1.807, 2.05) is 18.4 Å². The van der Waals surface area contributed by atoms with Crippen LogP contribution in [-0.4, -0.2) is 18.7 Å². The van der Waals surface area contributed by atoms with Crippen molar-refractivity contribution >= 4 is 23.5 Å². The number of amides is 1. The fraction of sp³-hybridized carbons (Fsp3) is 0.143. The summed E-state index contributed by atoms with van der Waals surface area (Å²) in [4.78, 5) is 12.5. The Morgan fingerprint density at radius 1 is 1.50 bits per heavy atom. The molecule has 0 aliphatic heterocycles. The molecule has 1 aromatic carbocycles. The number of carbonyl (C=O) groups excluding carboxylic acids is 1. The van der Waals surface area contributed by atoms with Crippen LogP contribution in [0.5, 0.6) is 5.75 Å². The van der Waals surface area contributed by atoms with Gasteiger partial charge in [0.2, 0.25) is 0 Å². The molecule has 0 atom stereocenters. The zero-order valence-electron chi connectivity index (χ0n) is 10.8. The highest BCUT2D eigenvalue weighted by atomic mass is 32.1. The second-order valence-corrected chi connectivity index (χ2v) is 4.95. The molecule has 0 unspecified atom stereocenters. The van der Waals surface area contributed by atoms with Crippen LogP contribution in [0.15, 0.2) is 40.8 Å². The van der Waals surface area contributed by atoms with Crippen molar-refractivity contribution in [3.05, 3.63) is 52.0 Å². The van der Waals surface area contributed by atoms with Crippen molar-refractivity contribution in [1.29, 1.82) is 0 Å². The first kappa shape index (κ1) is 14.2. The zero-order chi connectivity index (χ0) is 14.4. The standard InChI is InChI=1S/C14H13FN2O2S/c1-10-5-6-20-13(10)8-16-17-14(18)9-19-12-4-2-3-11(15)7-12/h2-8H,9H2,1H3,(H,17,18)/b16-8-. The van der Waals surface area contributed by atoms with E-state index in [-0.39, 0.29) is 6.61 Å². The summed E-state index contributed by atoms with van der Waals surface area (Å²) in [7, 11) is 0. The van der Waals surface area contributed by atoms with Gasteiger partial charge in [-0.25, -0.2) is 9.82 Å². The molecule has 0 saturated carbocycles. The fourth-order valence-electron chi connectivity index (χ4n) is 1.42. The van der Waals surface area contributed by atoms with Crippen molar-refractivity contribution in [2.45, 2.75) is 6.92 Å². The van der Waals surface area contributed by atoms with Gasteiger partial charge in [0.25, 0.3) is 5.91 Å². The highest BCUT2D eigenvalue weighted by molar-refractivity contribution is 7.11. The molecule has 104 valence electrons. The van der Waals surface area contributed by atoms with Crippen LogP contribution in [0.25, 0.3) is 0 Å². The van der Waals surface area contributed by atoms with Gasteiger partial charge in [-0.3, -0.25) is 4.79 Å². The Morgan fingerprint density at radius 3 is 3.05 bits per heavy atom. The molecule has 1 aromatic heterocycles. The first-order chi connectivity index (χ1) is 9.65. The van der Waals surface area contributed by atoms with E-state index in [2.05, 4.69) is 10.5 Å². The Morgan fingerprint density at radius 2 is 2.35 bits per heavy atom. The average molecular weight is 292 g/mol.